The van der Waals surface area contributed by atoms with Gasteiger partial charge in [-0.2, -0.15) is 0 Å². The van der Waals surface area contributed by atoms with Crippen LogP contribution in [0.3, 0.4) is 0 Å². The van der Waals surface area contributed by atoms with Crippen LogP contribution in [0.4, 0.5) is 4.39 Å². The molecule has 3 heterocycles. The summed E-state index contributed by atoms with van der Waals surface area (Å²) < 4.78 is 23.2. The molecule has 1 unspecified atom stereocenters. The van der Waals surface area contributed by atoms with Crippen LogP contribution in [-0.2, 0) is 19.1 Å². The number of aromatic nitrogens is 4. The maximum absolute atomic E-state index is 13.8. The van der Waals surface area contributed by atoms with Crippen molar-refractivity contribution in [1.82, 2.24) is 19.1 Å². The molecule has 0 saturated heterocycles. The van der Waals surface area contributed by atoms with Crippen LogP contribution in [0.2, 0.25) is 5.02 Å². The monoisotopic (exact) mass is 552 g/mol. The SMILES string of the molecule is COc1nc2ccc(C(O)(c3ccc(F)cc3)c3cn(C)cn3)cc2c(Cl)c1Cc1ccc(-n2cccc2)cc1. The Labute approximate surface area is 235 Å². The molecule has 3 aromatic heterocycles. The maximum atomic E-state index is 13.8. The molecule has 6 nitrogen and oxygen atoms in total. The molecule has 200 valence electrons. The van der Waals surface area contributed by atoms with E-state index in [4.69, 9.17) is 21.3 Å². The summed E-state index contributed by atoms with van der Waals surface area (Å²) >= 11 is 7.05. The van der Waals surface area contributed by atoms with Gasteiger partial charge in [-0.15, -0.1) is 0 Å². The predicted molar refractivity (Wildman–Crippen MR) is 154 cm³/mol. The van der Waals surface area contributed by atoms with Gasteiger partial charge in [-0.05, 0) is 65.2 Å². The van der Waals surface area contributed by atoms with Crippen LogP contribution in [0.1, 0.15) is 27.9 Å². The maximum Gasteiger partial charge on any atom is 0.218 e. The Bertz CT molecular complexity index is 1800. The molecular weight excluding hydrogens is 527 g/mol. The summed E-state index contributed by atoms with van der Waals surface area (Å²) in [6.07, 6.45) is 7.85. The van der Waals surface area contributed by atoms with E-state index in [1.54, 1.807) is 48.5 Å². The van der Waals surface area contributed by atoms with E-state index >= 15 is 0 Å². The highest BCUT2D eigenvalue weighted by Crippen LogP contribution is 2.40. The number of halogens is 2. The Kier molecular flexibility index (Phi) is 6.62. The molecule has 3 aromatic carbocycles. The number of aryl methyl sites for hydroxylation is 1. The van der Waals surface area contributed by atoms with Crippen molar-refractivity contribution < 1.29 is 14.2 Å². The number of hydrogen-bond acceptors (Lipinski definition) is 4. The first-order valence-corrected chi connectivity index (χ1v) is 13.1. The van der Waals surface area contributed by atoms with Crippen LogP contribution >= 0.6 is 11.6 Å². The summed E-state index contributed by atoms with van der Waals surface area (Å²) in [7, 11) is 3.40. The lowest BCUT2D eigenvalue weighted by molar-refractivity contribution is 0.121. The number of imidazole rings is 1. The zero-order valence-electron chi connectivity index (χ0n) is 21.9. The van der Waals surface area contributed by atoms with E-state index in [0.29, 0.717) is 45.0 Å². The number of nitrogens with zero attached hydrogens (tertiary/aromatic N) is 4. The summed E-state index contributed by atoms with van der Waals surface area (Å²) in [5.41, 5.74) is 3.23. The van der Waals surface area contributed by atoms with Crippen LogP contribution in [0.25, 0.3) is 16.6 Å². The first kappa shape index (κ1) is 25.8. The lowest BCUT2D eigenvalue weighted by Gasteiger charge is -2.28. The Morgan fingerprint density at radius 2 is 1.68 bits per heavy atom. The fraction of sp³-hybridized carbons (Fsp3) is 0.125. The molecule has 8 heteroatoms. The smallest absolute Gasteiger partial charge is 0.218 e. The summed E-state index contributed by atoms with van der Waals surface area (Å²) in [5, 5.41) is 13.4. The highest BCUT2D eigenvalue weighted by atomic mass is 35.5. The van der Waals surface area contributed by atoms with E-state index in [0.717, 1.165) is 16.8 Å². The first-order chi connectivity index (χ1) is 19.4. The Morgan fingerprint density at radius 3 is 2.33 bits per heavy atom. The minimum absolute atomic E-state index is 0.393. The molecule has 0 spiro atoms. The molecule has 0 saturated carbocycles. The third kappa shape index (κ3) is 4.53. The molecule has 1 N–H and O–H groups in total. The van der Waals surface area contributed by atoms with Crippen molar-refractivity contribution >= 4 is 22.5 Å². The van der Waals surface area contributed by atoms with E-state index in [1.165, 1.54) is 12.1 Å². The van der Waals surface area contributed by atoms with Crippen molar-refractivity contribution in [2.75, 3.05) is 7.11 Å². The van der Waals surface area contributed by atoms with Gasteiger partial charge in [0.05, 0.1) is 29.7 Å². The van der Waals surface area contributed by atoms with Gasteiger partial charge in [0.1, 0.15) is 5.82 Å². The van der Waals surface area contributed by atoms with Gasteiger partial charge in [0.25, 0.3) is 0 Å². The number of pyridine rings is 1. The number of benzene rings is 3. The van der Waals surface area contributed by atoms with Crippen molar-refractivity contribution in [3.63, 3.8) is 0 Å². The van der Waals surface area contributed by atoms with E-state index in [9.17, 15) is 9.50 Å². The summed E-state index contributed by atoms with van der Waals surface area (Å²) in [4.78, 5) is 9.17. The standard InChI is InChI=1S/C32H26ClFN4O2/c1-37-19-29(35-20-37)32(39,22-7-10-24(34)11-8-22)23-9-14-28-26(18-23)30(33)27(31(36-28)40-2)17-21-5-12-25(13-6-21)38-15-3-4-16-38/h3-16,18-20,39H,17H2,1-2H3. The van der Waals surface area contributed by atoms with E-state index in [1.807, 2.05) is 42.2 Å². The van der Waals surface area contributed by atoms with Crippen molar-refractivity contribution in [3.05, 3.63) is 143 Å². The largest absolute Gasteiger partial charge is 0.481 e. The van der Waals surface area contributed by atoms with Crippen molar-refractivity contribution in [2.24, 2.45) is 7.05 Å². The lowest BCUT2D eigenvalue weighted by atomic mass is 9.83. The van der Waals surface area contributed by atoms with Crippen LogP contribution in [-0.4, -0.2) is 31.3 Å². The molecule has 0 aliphatic heterocycles. The van der Waals surface area contributed by atoms with Gasteiger partial charge in [0.2, 0.25) is 5.88 Å². The topological polar surface area (TPSA) is 65.1 Å². The van der Waals surface area contributed by atoms with E-state index in [2.05, 4.69) is 29.2 Å². The Morgan fingerprint density at radius 1 is 0.975 bits per heavy atom. The third-order valence-corrected chi connectivity index (χ3v) is 7.58. The number of methoxy groups -OCH3 is 1. The first-order valence-electron chi connectivity index (χ1n) is 12.7. The summed E-state index contributed by atoms with van der Waals surface area (Å²) in [6, 6.07) is 23.4. The average molecular weight is 553 g/mol. The quantitative estimate of drug-likeness (QED) is 0.248. The fourth-order valence-corrected chi connectivity index (χ4v) is 5.34. The highest BCUT2D eigenvalue weighted by molar-refractivity contribution is 6.36. The van der Waals surface area contributed by atoms with Gasteiger partial charge in [0.15, 0.2) is 5.60 Å². The second-order valence-corrected chi connectivity index (χ2v) is 10.1. The Hall–Kier alpha value is -4.46. The number of ether oxygens (including phenoxy) is 1. The minimum atomic E-state index is -1.65. The second kappa shape index (κ2) is 10.3. The van der Waals surface area contributed by atoms with Crippen molar-refractivity contribution in [1.29, 1.82) is 0 Å². The van der Waals surface area contributed by atoms with Crippen LogP contribution in [0.5, 0.6) is 5.88 Å². The lowest BCUT2D eigenvalue weighted by Crippen LogP contribution is -2.29. The molecule has 6 rings (SSSR count). The van der Waals surface area contributed by atoms with Gasteiger partial charge >= 0.3 is 0 Å². The van der Waals surface area contributed by atoms with Gasteiger partial charge in [0, 0.05) is 48.7 Å². The minimum Gasteiger partial charge on any atom is -0.481 e. The summed E-state index contributed by atoms with van der Waals surface area (Å²) in [6.45, 7) is 0. The molecule has 0 fully saturated rings. The van der Waals surface area contributed by atoms with Crippen molar-refractivity contribution in [2.45, 2.75) is 12.0 Å². The fourth-order valence-electron chi connectivity index (χ4n) is 5.04. The molecule has 40 heavy (non-hydrogen) atoms. The van der Waals surface area contributed by atoms with Gasteiger partial charge in [-0.3, -0.25) is 0 Å². The molecule has 0 amide bonds. The molecular formula is C32H26ClFN4O2. The number of hydrogen-bond donors (Lipinski definition) is 1. The van der Waals surface area contributed by atoms with Crippen LogP contribution < -0.4 is 4.74 Å². The third-order valence-electron chi connectivity index (χ3n) is 7.15. The Balaban J connectivity index is 1.46. The van der Waals surface area contributed by atoms with Gasteiger partial charge < -0.3 is 19.0 Å². The van der Waals surface area contributed by atoms with Crippen LogP contribution in [0, 0.1) is 5.82 Å². The zero-order chi connectivity index (χ0) is 27.9. The molecule has 0 aliphatic rings. The average Bonchev–Trinajstić information content (AvgIpc) is 3.67. The molecule has 0 aliphatic carbocycles. The van der Waals surface area contributed by atoms with Gasteiger partial charge in [-0.25, -0.2) is 14.4 Å². The highest BCUT2D eigenvalue weighted by Gasteiger charge is 2.36. The number of fused-ring (bicyclic) bond motifs is 1. The van der Waals surface area contributed by atoms with Gasteiger partial charge in [-0.1, -0.05) is 41.9 Å². The molecule has 0 bridgehead atoms. The number of aliphatic hydroxyl groups is 1. The second-order valence-electron chi connectivity index (χ2n) is 9.72. The van der Waals surface area contributed by atoms with E-state index < -0.39 is 11.4 Å². The molecule has 6 aromatic rings. The van der Waals surface area contributed by atoms with Crippen LogP contribution in [0.15, 0.2) is 104 Å². The van der Waals surface area contributed by atoms with Crippen molar-refractivity contribution in [3.8, 4) is 11.6 Å². The predicted octanol–water partition coefficient (Wildman–Crippen LogP) is 6.44. The molecule has 0 radical (unpaired) electrons. The summed E-state index contributed by atoms with van der Waals surface area (Å²) in [5.74, 6) is 0.0502. The normalized spacial score (nSPS) is 12.9. The molecule has 1 atom stereocenters. The number of rotatable bonds is 7. The zero-order valence-corrected chi connectivity index (χ0v) is 22.7. The van der Waals surface area contributed by atoms with E-state index in [-0.39, 0.29) is 0 Å².